The van der Waals surface area contributed by atoms with Crippen LogP contribution < -0.4 is 0 Å². The molecule has 0 radical (unpaired) electrons. The number of nitrogens with zero attached hydrogens (tertiary/aromatic N) is 1. The monoisotopic (exact) mass is 653 g/mol. The number of aliphatic hydroxyl groups is 2. The lowest BCUT2D eigenvalue weighted by atomic mass is 9.70. The molecule has 0 aromatic carbocycles. The van der Waals surface area contributed by atoms with Gasteiger partial charge in [0.25, 0.3) is 0 Å². The van der Waals surface area contributed by atoms with Gasteiger partial charge in [0.1, 0.15) is 36.9 Å². The summed E-state index contributed by atoms with van der Waals surface area (Å²) in [7, 11) is 1.55. The Morgan fingerprint density at radius 3 is 2.70 bits per heavy atom. The van der Waals surface area contributed by atoms with Gasteiger partial charge in [0.15, 0.2) is 5.79 Å². The third-order valence-corrected chi connectivity index (χ3v) is 10.4. The minimum absolute atomic E-state index is 0.0344. The molecule has 1 spiro atoms. The van der Waals surface area contributed by atoms with Crippen LogP contribution in [0.3, 0.4) is 0 Å². The van der Waals surface area contributed by atoms with Gasteiger partial charge in [0.2, 0.25) is 0 Å². The third-order valence-electron chi connectivity index (χ3n) is 10.4. The van der Waals surface area contributed by atoms with Gasteiger partial charge in [-0.3, -0.25) is 4.79 Å². The smallest absolute Gasteiger partial charge is 0.316 e. The number of hydrogen-bond acceptors (Lipinski definition) is 9. The summed E-state index contributed by atoms with van der Waals surface area (Å²) in [5, 5.41) is 27.9. The molecule has 4 aliphatic heterocycles. The summed E-state index contributed by atoms with van der Waals surface area (Å²) < 4.78 is 26.2. The van der Waals surface area contributed by atoms with Gasteiger partial charge in [0.05, 0.1) is 24.5 Å². The van der Waals surface area contributed by atoms with Crippen LogP contribution in [0.1, 0.15) is 87.0 Å². The summed E-state index contributed by atoms with van der Waals surface area (Å²) >= 11 is 0. The molecule has 260 valence electrons. The highest BCUT2D eigenvalue weighted by Crippen LogP contribution is 2.48. The van der Waals surface area contributed by atoms with Crippen LogP contribution in [0, 0.1) is 23.7 Å². The molecule has 47 heavy (non-hydrogen) atoms. The molecule has 3 saturated heterocycles. The second-order valence-corrected chi connectivity index (χ2v) is 14.7. The number of esters is 1. The summed E-state index contributed by atoms with van der Waals surface area (Å²) in [5.41, 5.74) is 2.64. The first-order chi connectivity index (χ1) is 22.3. The Balaban J connectivity index is 1.56. The van der Waals surface area contributed by atoms with Crippen molar-refractivity contribution >= 4 is 11.7 Å². The third kappa shape index (κ3) is 7.39. The van der Waals surface area contributed by atoms with E-state index in [-0.39, 0.29) is 30.7 Å². The van der Waals surface area contributed by atoms with E-state index in [9.17, 15) is 15.0 Å². The number of oxime groups is 1. The van der Waals surface area contributed by atoms with E-state index in [1.54, 1.807) is 13.2 Å². The van der Waals surface area contributed by atoms with Crippen molar-refractivity contribution in [2.24, 2.45) is 28.8 Å². The summed E-state index contributed by atoms with van der Waals surface area (Å²) in [6.45, 7) is 14.8. The van der Waals surface area contributed by atoms with E-state index in [4.69, 9.17) is 23.8 Å². The van der Waals surface area contributed by atoms with Gasteiger partial charge in [-0.2, -0.15) is 0 Å². The zero-order valence-corrected chi connectivity index (χ0v) is 29.4. The van der Waals surface area contributed by atoms with E-state index >= 15 is 0 Å². The van der Waals surface area contributed by atoms with E-state index in [1.807, 2.05) is 19.1 Å². The van der Waals surface area contributed by atoms with Gasteiger partial charge in [-0.05, 0) is 61.7 Å². The standard InChI is InChI=1S/C38H55NO8/c1-9-27-17-31-36(41)45-30-18-29(46-37(19-30)20-32(39-43-8)26(7)34(47-37)25(6)15-22(2)3)14-13-24(5)16-23(4)11-10-12-28-21-44-35(33(27)40)38(28,31)42/h10-13,15,17,22-23,26,29-31,33-35,40,42H,9,14,16,18-21H2,1-8H3/b11-10+,24-13+,25-15+,28-12+,39-32+/t23-,26-,29+,30-,31-,33+,34+,35+,37-,38+/m0/s1. The van der Waals surface area contributed by atoms with Crippen molar-refractivity contribution in [3.05, 3.63) is 58.7 Å². The van der Waals surface area contributed by atoms with Crippen LogP contribution in [0.25, 0.3) is 0 Å². The van der Waals surface area contributed by atoms with Crippen molar-refractivity contribution in [3.63, 3.8) is 0 Å². The Bertz CT molecular complexity index is 1360. The quantitative estimate of drug-likeness (QED) is 0.212. The minimum atomic E-state index is -1.74. The van der Waals surface area contributed by atoms with Crippen molar-refractivity contribution in [1.29, 1.82) is 0 Å². The number of aliphatic hydroxyl groups excluding tert-OH is 1. The van der Waals surface area contributed by atoms with Crippen molar-refractivity contribution in [2.45, 2.75) is 129 Å². The molecule has 0 unspecified atom stereocenters. The normalized spacial score (nSPS) is 43.8. The molecule has 3 fully saturated rings. The van der Waals surface area contributed by atoms with E-state index < -0.39 is 41.6 Å². The van der Waals surface area contributed by atoms with Crippen molar-refractivity contribution in [1.82, 2.24) is 0 Å². The number of hydrogen-bond donors (Lipinski definition) is 2. The van der Waals surface area contributed by atoms with Crippen LogP contribution in [0.15, 0.2) is 63.9 Å². The Morgan fingerprint density at radius 1 is 1.23 bits per heavy atom. The fraction of sp³-hybridized carbons (Fsp3) is 0.684. The number of allylic oxidation sites excluding steroid dienone is 5. The fourth-order valence-electron chi connectivity index (χ4n) is 8.17. The van der Waals surface area contributed by atoms with Crippen molar-refractivity contribution in [2.75, 3.05) is 13.7 Å². The highest BCUT2D eigenvalue weighted by atomic mass is 16.7. The Labute approximate surface area is 280 Å². The number of carbonyl (C=O) groups is 1. The van der Waals surface area contributed by atoms with Gasteiger partial charge in [0, 0.05) is 25.2 Å². The average Bonchev–Trinajstić information content (AvgIpc) is 3.34. The molecule has 4 heterocycles. The first-order valence-corrected chi connectivity index (χ1v) is 17.4. The lowest BCUT2D eigenvalue weighted by Gasteiger charge is -2.50. The second-order valence-electron chi connectivity index (χ2n) is 14.7. The zero-order chi connectivity index (χ0) is 34.1. The van der Waals surface area contributed by atoms with Crippen LogP contribution in [-0.2, 0) is 28.6 Å². The molecule has 5 aliphatic rings. The van der Waals surface area contributed by atoms with Crippen LogP contribution in [0.4, 0.5) is 0 Å². The number of rotatable bonds is 4. The molecule has 1 aliphatic carbocycles. The molecule has 5 rings (SSSR count). The second kappa shape index (κ2) is 14.5. The predicted octanol–water partition coefficient (Wildman–Crippen LogP) is 6.12. The fourth-order valence-corrected chi connectivity index (χ4v) is 8.17. The topological polar surface area (TPSA) is 116 Å². The Kier molecular flexibility index (Phi) is 11.0. The molecule has 9 nitrogen and oxygen atoms in total. The lowest BCUT2D eigenvalue weighted by molar-refractivity contribution is -0.313. The van der Waals surface area contributed by atoms with Gasteiger partial charge in [-0.1, -0.05) is 81.8 Å². The maximum absolute atomic E-state index is 14.3. The number of ether oxygens (including phenoxy) is 4. The highest BCUT2D eigenvalue weighted by molar-refractivity contribution is 5.88. The van der Waals surface area contributed by atoms with Gasteiger partial charge < -0.3 is 34.0 Å². The minimum Gasteiger partial charge on any atom is -0.462 e. The Morgan fingerprint density at radius 2 is 2.00 bits per heavy atom. The van der Waals surface area contributed by atoms with Crippen molar-refractivity contribution in [3.8, 4) is 0 Å². The van der Waals surface area contributed by atoms with Crippen molar-refractivity contribution < 1.29 is 38.8 Å². The summed E-state index contributed by atoms with van der Waals surface area (Å²) in [6.07, 6.45) is 12.0. The van der Waals surface area contributed by atoms with Gasteiger partial charge in [-0.15, -0.1) is 0 Å². The van der Waals surface area contributed by atoms with Crippen LogP contribution in [0.2, 0.25) is 0 Å². The van der Waals surface area contributed by atoms with Crippen LogP contribution >= 0.6 is 0 Å². The SMILES string of the molecule is CCC1=C[C@H]2C(=O)O[C@H]3C[C@@H](C/C=C(\C)C[C@@H](C)/C=C/C=C4\CO[C@H]([C@@H]1O)[C@@]42O)O[C@@]1(C/C(=N\OC)[C@H](C)[C@@H](/C(C)=C/C(C)C)O1)C3. The van der Waals surface area contributed by atoms with Gasteiger partial charge >= 0.3 is 5.97 Å². The van der Waals surface area contributed by atoms with E-state index in [1.165, 1.54) is 5.57 Å². The molecule has 0 aromatic rings. The van der Waals surface area contributed by atoms with Crippen LogP contribution in [0.5, 0.6) is 0 Å². The summed E-state index contributed by atoms with van der Waals surface area (Å²) in [5.74, 6) is -2.14. The first kappa shape index (κ1) is 35.7. The zero-order valence-electron chi connectivity index (χ0n) is 29.4. The van der Waals surface area contributed by atoms with Gasteiger partial charge in [-0.25, -0.2) is 0 Å². The summed E-state index contributed by atoms with van der Waals surface area (Å²) in [6, 6.07) is 0. The molecule has 0 saturated carbocycles. The molecule has 10 atom stereocenters. The largest absolute Gasteiger partial charge is 0.462 e. The van der Waals surface area contributed by atoms with E-state index in [0.29, 0.717) is 49.2 Å². The average molecular weight is 654 g/mol. The maximum atomic E-state index is 14.3. The van der Waals surface area contributed by atoms with E-state index in [2.05, 4.69) is 64.9 Å². The number of fused-ring (bicyclic) bond motifs is 2. The lowest BCUT2D eigenvalue weighted by Crippen LogP contribution is -2.59. The highest BCUT2D eigenvalue weighted by Gasteiger charge is 2.60. The molecule has 0 amide bonds. The Hall–Kier alpha value is -2.56. The number of carbonyl (C=O) groups excluding carboxylic acids is 1. The molecular weight excluding hydrogens is 598 g/mol. The molecular formula is C38H55NO8. The molecule has 9 heteroatoms. The molecule has 0 aromatic heterocycles. The predicted molar refractivity (Wildman–Crippen MR) is 180 cm³/mol. The summed E-state index contributed by atoms with van der Waals surface area (Å²) in [4.78, 5) is 19.6. The molecule has 2 bridgehead atoms. The van der Waals surface area contributed by atoms with E-state index in [0.717, 1.165) is 17.7 Å². The molecule has 2 N–H and O–H groups in total. The first-order valence-electron chi connectivity index (χ1n) is 17.4. The van der Waals surface area contributed by atoms with Crippen LogP contribution in [-0.4, -0.2) is 77.5 Å². The maximum Gasteiger partial charge on any atom is 0.316 e.